The summed E-state index contributed by atoms with van der Waals surface area (Å²) in [6.45, 7) is 6.41. The van der Waals surface area contributed by atoms with Crippen LogP contribution < -0.4 is 5.32 Å². The number of amides is 2. The fourth-order valence-electron chi connectivity index (χ4n) is 3.72. The van der Waals surface area contributed by atoms with Crippen LogP contribution in [0.3, 0.4) is 0 Å². The van der Waals surface area contributed by atoms with E-state index >= 15 is 0 Å². The Kier molecular flexibility index (Phi) is 10.2. The third-order valence-corrected chi connectivity index (χ3v) is 5.25. The lowest BCUT2D eigenvalue weighted by Gasteiger charge is -2.31. The van der Waals surface area contributed by atoms with Gasteiger partial charge >= 0.3 is 12.1 Å². The number of hydrogen-bond acceptors (Lipinski definition) is 5. The summed E-state index contributed by atoms with van der Waals surface area (Å²) >= 11 is 0. The number of carbonyl (C=O) groups excluding carboxylic acids is 3. The second kappa shape index (κ2) is 12.6. The Morgan fingerprint density at radius 2 is 1.83 bits per heavy atom. The fourth-order valence-corrected chi connectivity index (χ4v) is 3.72. The van der Waals surface area contributed by atoms with E-state index in [2.05, 4.69) is 5.32 Å². The van der Waals surface area contributed by atoms with Gasteiger partial charge in [-0.05, 0) is 64.5 Å². The number of nitrogens with one attached hydrogen (secondary N) is 1. The van der Waals surface area contributed by atoms with Crippen LogP contribution in [0, 0.1) is 23.4 Å². The molecule has 1 aliphatic rings. The molecule has 2 rings (SSSR count). The molecule has 0 aliphatic heterocycles. The number of ether oxygens (including phenoxy) is 2. The molecule has 0 radical (unpaired) electrons. The Labute approximate surface area is 203 Å². The van der Waals surface area contributed by atoms with E-state index in [1.54, 1.807) is 27.7 Å². The van der Waals surface area contributed by atoms with Crippen molar-refractivity contribution in [1.82, 2.24) is 10.2 Å². The van der Waals surface area contributed by atoms with E-state index in [9.17, 15) is 27.6 Å². The SMILES string of the molecule is CCOC(=O)CN(CC1C=CCCC1)C(=O)[C@@H](Cc1cc(F)c(F)cc1F)NC(=O)OC(C)(C)C. The Morgan fingerprint density at radius 1 is 1.14 bits per heavy atom. The van der Waals surface area contributed by atoms with Gasteiger partial charge in [-0.25, -0.2) is 18.0 Å². The van der Waals surface area contributed by atoms with E-state index in [4.69, 9.17) is 9.47 Å². The number of halogens is 3. The minimum Gasteiger partial charge on any atom is -0.465 e. The third-order valence-electron chi connectivity index (χ3n) is 5.25. The number of alkyl carbamates (subject to hydrolysis) is 1. The molecule has 1 unspecified atom stereocenters. The van der Waals surface area contributed by atoms with Crippen LogP contribution in [0.5, 0.6) is 0 Å². The molecule has 10 heteroatoms. The number of esters is 1. The summed E-state index contributed by atoms with van der Waals surface area (Å²) in [6, 6.07) is -0.393. The molecule has 0 saturated carbocycles. The summed E-state index contributed by atoms with van der Waals surface area (Å²) in [5.41, 5.74) is -1.20. The highest BCUT2D eigenvalue weighted by molar-refractivity contribution is 5.88. The first kappa shape index (κ1) is 28.2. The molecule has 35 heavy (non-hydrogen) atoms. The van der Waals surface area contributed by atoms with Crippen LogP contribution in [-0.2, 0) is 25.5 Å². The lowest BCUT2D eigenvalue weighted by atomic mass is 9.95. The smallest absolute Gasteiger partial charge is 0.408 e. The average Bonchev–Trinajstić information content (AvgIpc) is 2.75. The highest BCUT2D eigenvalue weighted by Crippen LogP contribution is 2.21. The van der Waals surface area contributed by atoms with Crippen molar-refractivity contribution in [3.63, 3.8) is 0 Å². The first-order valence-electron chi connectivity index (χ1n) is 11.6. The van der Waals surface area contributed by atoms with Gasteiger partial charge in [-0.1, -0.05) is 12.2 Å². The monoisotopic (exact) mass is 498 g/mol. The first-order valence-corrected chi connectivity index (χ1v) is 11.6. The zero-order valence-corrected chi connectivity index (χ0v) is 20.5. The largest absolute Gasteiger partial charge is 0.465 e. The van der Waals surface area contributed by atoms with Crippen molar-refractivity contribution in [3.8, 4) is 0 Å². The van der Waals surface area contributed by atoms with Crippen molar-refractivity contribution in [2.75, 3.05) is 19.7 Å². The van der Waals surface area contributed by atoms with Crippen molar-refractivity contribution in [2.45, 2.75) is 65.0 Å². The topological polar surface area (TPSA) is 84.9 Å². The molecule has 0 saturated heterocycles. The molecule has 1 aromatic rings. The number of nitrogens with zero attached hydrogens (tertiary/aromatic N) is 1. The lowest BCUT2D eigenvalue weighted by molar-refractivity contribution is -0.149. The maximum Gasteiger partial charge on any atom is 0.408 e. The fraction of sp³-hybridized carbons (Fsp3) is 0.560. The summed E-state index contributed by atoms with van der Waals surface area (Å²) in [4.78, 5) is 39.5. The molecule has 7 nitrogen and oxygen atoms in total. The maximum absolute atomic E-state index is 14.4. The van der Waals surface area contributed by atoms with Gasteiger partial charge in [0.15, 0.2) is 11.6 Å². The van der Waals surface area contributed by atoms with Crippen molar-refractivity contribution in [3.05, 3.63) is 47.3 Å². The maximum atomic E-state index is 14.4. The van der Waals surface area contributed by atoms with Gasteiger partial charge in [0.2, 0.25) is 5.91 Å². The molecular formula is C25H33F3N2O5. The van der Waals surface area contributed by atoms with Crippen LogP contribution >= 0.6 is 0 Å². The van der Waals surface area contributed by atoms with Crippen LogP contribution in [0.2, 0.25) is 0 Å². The van der Waals surface area contributed by atoms with E-state index in [0.29, 0.717) is 12.1 Å². The quantitative estimate of drug-likeness (QED) is 0.312. The van der Waals surface area contributed by atoms with E-state index in [1.165, 1.54) is 4.90 Å². The predicted octanol–water partition coefficient (Wildman–Crippen LogP) is 4.29. The van der Waals surface area contributed by atoms with Gasteiger partial charge in [0, 0.05) is 19.0 Å². The molecule has 2 amide bonds. The van der Waals surface area contributed by atoms with E-state index in [1.807, 2.05) is 12.2 Å². The Balaban J connectivity index is 2.35. The zero-order valence-electron chi connectivity index (χ0n) is 20.5. The molecule has 0 spiro atoms. The summed E-state index contributed by atoms with van der Waals surface area (Å²) in [6.07, 6.45) is 5.15. The van der Waals surface area contributed by atoms with Gasteiger partial charge < -0.3 is 19.7 Å². The number of carbonyl (C=O) groups is 3. The number of benzene rings is 1. The van der Waals surface area contributed by atoms with E-state index < -0.39 is 53.5 Å². The molecule has 0 heterocycles. The standard InChI is InChI=1S/C25H33F3N2O5/c1-5-34-22(31)15-30(14-16-9-7-6-8-10-16)23(32)21(29-24(33)35-25(2,3)4)12-17-11-19(27)20(28)13-18(17)26/h7,9,11,13,16,21H,5-6,8,10,12,14-15H2,1-4H3,(H,29,33)/t16?,21-/m1/s1. The van der Waals surface area contributed by atoms with Crippen molar-refractivity contribution in [1.29, 1.82) is 0 Å². The molecule has 0 aromatic heterocycles. The number of hydrogen-bond donors (Lipinski definition) is 1. The van der Waals surface area contributed by atoms with E-state index in [0.717, 1.165) is 19.3 Å². The number of allylic oxidation sites excluding steroid dienone is 1. The molecular weight excluding hydrogens is 465 g/mol. The van der Waals surface area contributed by atoms with Crippen LogP contribution in [0.1, 0.15) is 52.5 Å². The van der Waals surface area contributed by atoms with Crippen molar-refractivity contribution >= 4 is 18.0 Å². The summed E-state index contributed by atoms with van der Waals surface area (Å²) < 4.78 is 51.8. The van der Waals surface area contributed by atoms with Crippen LogP contribution in [0.25, 0.3) is 0 Å². The molecule has 1 aliphatic carbocycles. The van der Waals surface area contributed by atoms with E-state index in [-0.39, 0.29) is 31.2 Å². The number of rotatable bonds is 9. The van der Waals surface area contributed by atoms with Gasteiger partial charge in [0.25, 0.3) is 0 Å². The summed E-state index contributed by atoms with van der Waals surface area (Å²) in [5.74, 6) is -5.10. The van der Waals surface area contributed by atoms with Crippen molar-refractivity contribution in [2.24, 2.45) is 5.92 Å². The Hall–Kier alpha value is -3.04. The summed E-state index contributed by atoms with van der Waals surface area (Å²) in [7, 11) is 0. The van der Waals surface area contributed by atoms with Gasteiger partial charge in [0.05, 0.1) is 6.61 Å². The lowest BCUT2D eigenvalue weighted by Crippen LogP contribution is -2.53. The van der Waals surface area contributed by atoms with Crippen LogP contribution in [-0.4, -0.2) is 54.2 Å². The molecule has 2 atom stereocenters. The highest BCUT2D eigenvalue weighted by atomic mass is 19.2. The first-order chi connectivity index (χ1) is 16.4. The van der Waals surface area contributed by atoms with Crippen molar-refractivity contribution < 1.29 is 37.0 Å². The summed E-state index contributed by atoms with van der Waals surface area (Å²) in [5, 5.41) is 2.40. The average molecular weight is 499 g/mol. The minimum absolute atomic E-state index is 0.0238. The normalized spacial score (nSPS) is 16.4. The second-order valence-electron chi connectivity index (χ2n) is 9.40. The Morgan fingerprint density at radius 3 is 2.43 bits per heavy atom. The Bertz CT molecular complexity index is 946. The minimum atomic E-state index is -1.41. The molecule has 1 N–H and O–H groups in total. The molecule has 1 aromatic carbocycles. The van der Waals surface area contributed by atoms with Gasteiger partial charge in [-0.3, -0.25) is 9.59 Å². The highest BCUT2D eigenvalue weighted by Gasteiger charge is 2.32. The second-order valence-corrected chi connectivity index (χ2v) is 9.40. The molecule has 0 fully saturated rings. The third kappa shape index (κ3) is 9.26. The zero-order chi connectivity index (χ0) is 26.2. The molecule has 194 valence electrons. The van der Waals surface area contributed by atoms with Crippen LogP contribution in [0.15, 0.2) is 24.3 Å². The van der Waals surface area contributed by atoms with Gasteiger partial charge in [-0.2, -0.15) is 0 Å². The van der Waals surface area contributed by atoms with Crippen LogP contribution in [0.4, 0.5) is 18.0 Å². The molecule has 0 bridgehead atoms. The van der Waals surface area contributed by atoms with Gasteiger partial charge in [-0.15, -0.1) is 0 Å². The van der Waals surface area contributed by atoms with Gasteiger partial charge in [0.1, 0.15) is 24.0 Å². The predicted molar refractivity (Wildman–Crippen MR) is 123 cm³/mol.